The molecule has 0 aliphatic rings. The molecule has 0 saturated carbocycles. The molecule has 7 nitrogen and oxygen atoms in total. The lowest BCUT2D eigenvalue weighted by molar-refractivity contribution is -0.149. The van der Waals surface area contributed by atoms with Crippen molar-refractivity contribution in [2.24, 2.45) is 0 Å². The number of carboxylic acid groups (broad SMARTS) is 1. The lowest BCUT2D eigenvalue weighted by Gasteiger charge is -2.25. The minimum Gasteiger partial charge on any atom is -0.493 e. The van der Waals surface area contributed by atoms with Gasteiger partial charge in [0.25, 0.3) is 5.91 Å². The van der Waals surface area contributed by atoms with Crippen molar-refractivity contribution < 1.29 is 28.9 Å². The van der Waals surface area contributed by atoms with E-state index < -0.39 is 17.4 Å². The summed E-state index contributed by atoms with van der Waals surface area (Å²) in [7, 11) is 2.86. The molecule has 1 amide bonds. The van der Waals surface area contributed by atoms with Gasteiger partial charge >= 0.3 is 5.97 Å². The van der Waals surface area contributed by atoms with E-state index in [0.29, 0.717) is 17.9 Å². The zero-order valence-corrected chi connectivity index (χ0v) is 14.1. The molecular formula is C17H23NO6. The van der Waals surface area contributed by atoms with Gasteiger partial charge < -0.3 is 24.6 Å². The van der Waals surface area contributed by atoms with Gasteiger partial charge in [0.05, 0.1) is 13.7 Å². The average molecular weight is 337 g/mol. The van der Waals surface area contributed by atoms with Crippen LogP contribution in [-0.4, -0.2) is 50.0 Å². The molecule has 7 heteroatoms. The van der Waals surface area contributed by atoms with E-state index in [-0.39, 0.29) is 13.2 Å². The van der Waals surface area contributed by atoms with Crippen molar-refractivity contribution in [3.8, 4) is 11.5 Å². The first-order chi connectivity index (χ1) is 11.4. The van der Waals surface area contributed by atoms with E-state index in [9.17, 15) is 14.7 Å². The number of carbonyl (C=O) groups is 2. The van der Waals surface area contributed by atoms with Crippen molar-refractivity contribution >= 4 is 11.9 Å². The van der Waals surface area contributed by atoms with Crippen LogP contribution in [0.5, 0.6) is 11.5 Å². The molecule has 2 N–H and O–H groups in total. The molecule has 1 unspecified atom stereocenters. The summed E-state index contributed by atoms with van der Waals surface area (Å²) in [6.45, 7) is 4.53. The molecule has 0 fully saturated rings. The summed E-state index contributed by atoms with van der Waals surface area (Å²) in [5, 5.41) is 11.6. The molecule has 1 rings (SSSR count). The maximum absolute atomic E-state index is 12.0. The largest absolute Gasteiger partial charge is 0.493 e. The Kier molecular flexibility index (Phi) is 7.26. The van der Waals surface area contributed by atoms with Crippen molar-refractivity contribution in [2.75, 3.05) is 27.4 Å². The first-order valence-electron chi connectivity index (χ1n) is 7.30. The maximum Gasteiger partial charge on any atom is 0.331 e. The van der Waals surface area contributed by atoms with Crippen LogP contribution in [0.3, 0.4) is 0 Å². The number of benzene rings is 1. The maximum atomic E-state index is 12.0. The number of carboxylic acids is 1. The third-order valence-corrected chi connectivity index (χ3v) is 3.29. The second kappa shape index (κ2) is 8.93. The first kappa shape index (κ1) is 19.5. The molecular weight excluding hydrogens is 314 g/mol. The molecule has 0 radical (unpaired) electrons. The van der Waals surface area contributed by atoms with Gasteiger partial charge in [-0.1, -0.05) is 12.1 Å². The van der Waals surface area contributed by atoms with Gasteiger partial charge in [0, 0.05) is 7.11 Å². The Balaban J connectivity index is 2.73. The van der Waals surface area contributed by atoms with Gasteiger partial charge in [0.2, 0.25) is 0 Å². The molecule has 0 aliphatic heterocycles. The fourth-order valence-electron chi connectivity index (χ4n) is 2.05. The van der Waals surface area contributed by atoms with Crippen LogP contribution >= 0.6 is 0 Å². The normalized spacial score (nSPS) is 12.8. The molecule has 0 aliphatic carbocycles. The van der Waals surface area contributed by atoms with Gasteiger partial charge in [-0.25, -0.2) is 4.79 Å². The van der Waals surface area contributed by atoms with Crippen LogP contribution in [0.4, 0.5) is 0 Å². The summed E-state index contributed by atoms with van der Waals surface area (Å²) < 4.78 is 15.5. The van der Waals surface area contributed by atoms with Gasteiger partial charge in [-0.3, -0.25) is 4.79 Å². The minimum absolute atomic E-state index is 0.159. The molecule has 132 valence electrons. The molecule has 0 aromatic heterocycles. The van der Waals surface area contributed by atoms with Crippen molar-refractivity contribution in [3.05, 3.63) is 36.4 Å². The Bertz CT molecular complexity index is 601. The number of rotatable bonds is 10. The summed E-state index contributed by atoms with van der Waals surface area (Å²) in [6.07, 6.45) is 2.45. The van der Waals surface area contributed by atoms with Crippen LogP contribution in [0.2, 0.25) is 0 Å². The molecule has 0 spiro atoms. The van der Waals surface area contributed by atoms with Crippen molar-refractivity contribution in [1.29, 1.82) is 0 Å². The summed E-state index contributed by atoms with van der Waals surface area (Å²) >= 11 is 0. The number of hydrogen-bond acceptors (Lipinski definition) is 5. The topological polar surface area (TPSA) is 94.1 Å². The second-order valence-corrected chi connectivity index (χ2v) is 5.39. The number of allylic oxidation sites excluding steroid dienone is 1. The average Bonchev–Trinajstić information content (AvgIpc) is 2.53. The smallest absolute Gasteiger partial charge is 0.331 e. The van der Waals surface area contributed by atoms with E-state index in [1.54, 1.807) is 18.2 Å². The van der Waals surface area contributed by atoms with E-state index >= 15 is 0 Å². The summed E-state index contributed by atoms with van der Waals surface area (Å²) in [4.78, 5) is 23.2. The summed E-state index contributed by atoms with van der Waals surface area (Å²) in [5.74, 6) is -0.887. The number of hydrogen-bond donors (Lipinski definition) is 2. The number of nitrogens with one attached hydrogen (secondary N) is 1. The molecule has 1 aromatic rings. The monoisotopic (exact) mass is 337 g/mol. The van der Waals surface area contributed by atoms with Crippen molar-refractivity contribution in [2.45, 2.75) is 18.9 Å². The second-order valence-electron chi connectivity index (χ2n) is 5.39. The van der Waals surface area contributed by atoms with Crippen LogP contribution in [0, 0.1) is 0 Å². The Labute approximate surface area is 141 Å². The highest BCUT2D eigenvalue weighted by Crippen LogP contribution is 2.28. The number of ether oxygens (including phenoxy) is 3. The Hall–Kier alpha value is -2.54. The van der Waals surface area contributed by atoms with E-state index in [4.69, 9.17) is 14.2 Å². The standard InChI is InChI=1S/C17H23NO6/c1-5-6-12-7-8-13(14(9-12)23-4)24-10-15(19)18-17(2,11-22-3)16(20)21/h5,7-9H,1,6,10-11H2,2-4H3,(H,18,19)(H,20,21). The van der Waals surface area contributed by atoms with Crippen LogP contribution in [0.1, 0.15) is 12.5 Å². The highest BCUT2D eigenvalue weighted by atomic mass is 16.5. The third kappa shape index (κ3) is 5.27. The van der Waals surface area contributed by atoms with Crippen LogP contribution in [0.25, 0.3) is 0 Å². The van der Waals surface area contributed by atoms with Crippen LogP contribution in [-0.2, 0) is 20.7 Å². The van der Waals surface area contributed by atoms with Gasteiger partial charge in [0.15, 0.2) is 23.6 Å². The Morgan fingerprint density at radius 1 is 1.33 bits per heavy atom. The SMILES string of the molecule is C=CCc1ccc(OCC(=O)NC(C)(COC)C(=O)O)c(OC)c1. The molecule has 0 saturated heterocycles. The lowest BCUT2D eigenvalue weighted by Crippen LogP contribution is -2.56. The van der Waals surface area contributed by atoms with Crippen LogP contribution in [0.15, 0.2) is 30.9 Å². The van der Waals surface area contributed by atoms with Crippen molar-refractivity contribution in [1.82, 2.24) is 5.32 Å². The fraction of sp³-hybridized carbons (Fsp3) is 0.412. The van der Waals surface area contributed by atoms with Gasteiger partial charge in [-0.05, 0) is 31.0 Å². The van der Waals surface area contributed by atoms with Gasteiger partial charge in [0.1, 0.15) is 0 Å². The van der Waals surface area contributed by atoms with E-state index in [1.807, 2.05) is 6.07 Å². The number of aliphatic carboxylic acids is 1. The summed E-state index contributed by atoms with van der Waals surface area (Å²) in [5.41, 5.74) is -0.523. The van der Waals surface area contributed by atoms with Crippen molar-refractivity contribution in [3.63, 3.8) is 0 Å². The molecule has 0 heterocycles. The Morgan fingerprint density at radius 2 is 2.04 bits per heavy atom. The Morgan fingerprint density at radius 3 is 2.58 bits per heavy atom. The predicted octanol–water partition coefficient (Wildman–Crippen LogP) is 1.41. The quantitative estimate of drug-likeness (QED) is 0.627. The highest BCUT2D eigenvalue weighted by Gasteiger charge is 2.35. The number of amides is 1. The number of carbonyl (C=O) groups excluding carboxylic acids is 1. The van der Waals surface area contributed by atoms with E-state index in [0.717, 1.165) is 5.56 Å². The molecule has 1 aromatic carbocycles. The third-order valence-electron chi connectivity index (χ3n) is 3.29. The van der Waals surface area contributed by atoms with Gasteiger partial charge in [-0.15, -0.1) is 6.58 Å². The van der Waals surface area contributed by atoms with Gasteiger partial charge in [-0.2, -0.15) is 0 Å². The fourth-order valence-corrected chi connectivity index (χ4v) is 2.05. The molecule has 0 bridgehead atoms. The van der Waals surface area contributed by atoms with E-state index in [1.165, 1.54) is 21.1 Å². The zero-order valence-electron chi connectivity index (χ0n) is 14.1. The minimum atomic E-state index is -1.52. The zero-order chi connectivity index (χ0) is 18.2. The highest BCUT2D eigenvalue weighted by molar-refractivity contribution is 5.87. The number of methoxy groups -OCH3 is 2. The molecule has 24 heavy (non-hydrogen) atoms. The van der Waals surface area contributed by atoms with Crippen LogP contribution < -0.4 is 14.8 Å². The predicted molar refractivity (Wildman–Crippen MR) is 88.4 cm³/mol. The first-order valence-corrected chi connectivity index (χ1v) is 7.30. The molecule has 1 atom stereocenters. The summed E-state index contributed by atoms with van der Waals surface area (Å²) in [6, 6.07) is 5.32. The van der Waals surface area contributed by atoms with E-state index in [2.05, 4.69) is 11.9 Å². The lowest BCUT2D eigenvalue weighted by atomic mass is 10.0.